The summed E-state index contributed by atoms with van der Waals surface area (Å²) >= 11 is 0. The molecule has 0 aliphatic carbocycles. The van der Waals surface area contributed by atoms with Crippen molar-refractivity contribution in [1.82, 2.24) is 10.6 Å². The molecule has 0 saturated heterocycles. The van der Waals surface area contributed by atoms with Gasteiger partial charge >= 0.3 is 0 Å². The van der Waals surface area contributed by atoms with Crippen LogP contribution in [0.3, 0.4) is 0 Å². The summed E-state index contributed by atoms with van der Waals surface area (Å²) in [4.78, 5) is 18.3. The van der Waals surface area contributed by atoms with Gasteiger partial charge in [-0.25, -0.2) is 4.99 Å². The fraction of sp³-hybridized carbons (Fsp3) is 0.545. The monoisotopic (exact) mass is 398 g/mol. The summed E-state index contributed by atoms with van der Waals surface area (Å²) in [6.07, 6.45) is 1.76. The topological polar surface area (TPSA) is 104 Å². The lowest BCUT2D eigenvalue weighted by Crippen LogP contribution is -2.43. The van der Waals surface area contributed by atoms with E-state index in [2.05, 4.69) is 10.6 Å². The minimum absolute atomic E-state index is 0.0645. The Kier molecular flexibility index (Phi) is 7.16. The summed E-state index contributed by atoms with van der Waals surface area (Å²) in [7, 11) is 0. The van der Waals surface area contributed by atoms with E-state index in [1.807, 2.05) is 52.8 Å². The molecule has 7 heteroatoms. The summed E-state index contributed by atoms with van der Waals surface area (Å²) in [5, 5.41) is 23.1. The number of fused-ring (bicyclic) bond motifs is 1. The van der Waals surface area contributed by atoms with Crippen LogP contribution in [0, 0.1) is 29.1 Å². The second-order valence-electron chi connectivity index (χ2n) is 8.66. The maximum absolute atomic E-state index is 11.9. The third-order valence-corrected chi connectivity index (χ3v) is 4.89. The van der Waals surface area contributed by atoms with Crippen molar-refractivity contribution in [3.8, 4) is 0 Å². The minimum Gasteiger partial charge on any atom is -0.373 e. The number of benzene rings is 1. The summed E-state index contributed by atoms with van der Waals surface area (Å²) in [6, 6.07) is 5.91. The SMILES string of the molecule is CC(=N)N1C(=N)[C@@H](C)C(NCCCCNC(=O)C(C)(C)C)=Nc2ccc(C)cc21. The zero-order chi connectivity index (χ0) is 21.8. The van der Waals surface area contributed by atoms with Gasteiger partial charge < -0.3 is 10.6 Å². The summed E-state index contributed by atoms with van der Waals surface area (Å²) in [5.41, 5.74) is 2.24. The Morgan fingerprint density at radius 3 is 2.52 bits per heavy atom. The number of amides is 1. The predicted molar refractivity (Wildman–Crippen MR) is 121 cm³/mol. The number of aryl methyl sites for hydroxylation is 1. The molecule has 1 amide bonds. The molecule has 1 atom stereocenters. The molecule has 0 spiro atoms. The Morgan fingerprint density at radius 1 is 1.24 bits per heavy atom. The molecule has 0 aromatic heterocycles. The van der Waals surface area contributed by atoms with Crippen molar-refractivity contribution in [3.05, 3.63) is 23.8 Å². The zero-order valence-electron chi connectivity index (χ0n) is 18.4. The van der Waals surface area contributed by atoms with E-state index >= 15 is 0 Å². The fourth-order valence-corrected chi connectivity index (χ4v) is 3.07. The van der Waals surface area contributed by atoms with Gasteiger partial charge in [0.05, 0.1) is 17.3 Å². The lowest BCUT2D eigenvalue weighted by molar-refractivity contribution is -0.128. The molecule has 29 heavy (non-hydrogen) atoms. The Hall–Kier alpha value is -2.70. The van der Waals surface area contributed by atoms with Crippen LogP contribution in [0.1, 0.15) is 53.0 Å². The highest BCUT2D eigenvalue weighted by Crippen LogP contribution is 2.34. The van der Waals surface area contributed by atoms with Gasteiger partial charge in [-0.3, -0.25) is 20.5 Å². The van der Waals surface area contributed by atoms with Gasteiger partial charge in [-0.1, -0.05) is 26.8 Å². The molecule has 2 rings (SSSR count). The number of nitrogens with one attached hydrogen (secondary N) is 4. The van der Waals surface area contributed by atoms with Gasteiger partial charge in [-0.05, 0) is 51.3 Å². The van der Waals surface area contributed by atoms with Crippen molar-refractivity contribution in [3.63, 3.8) is 0 Å². The maximum Gasteiger partial charge on any atom is 0.225 e. The first kappa shape index (κ1) is 22.6. The molecule has 1 aliphatic rings. The van der Waals surface area contributed by atoms with E-state index in [-0.39, 0.29) is 17.2 Å². The van der Waals surface area contributed by atoms with Crippen LogP contribution in [-0.4, -0.2) is 36.5 Å². The Bertz CT molecular complexity index is 821. The van der Waals surface area contributed by atoms with Crippen LogP contribution in [0.2, 0.25) is 0 Å². The van der Waals surface area contributed by atoms with Crippen molar-refractivity contribution in [2.45, 2.75) is 54.4 Å². The minimum atomic E-state index is -0.367. The molecule has 1 aliphatic heterocycles. The number of amidine groups is 3. The third-order valence-electron chi connectivity index (χ3n) is 4.89. The molecule has 0 fully saturated rings. The molecule has 7 nitrogen and oxygen atoms in total. The summed E-state index contributed by atoms with van der Waals surface area (Å²) in [5.74, 6) is 1.20. The van der Waals surface area contributed by atoms with E-state index in [0.717, 1.165) is 35.6 Å². The number of aliphatic imine (C=N–C) groups is 1. The second kappa shape index (κ2) is 9.20. The molecule has 0 unspecified atom stereocenters. The van der Waals surface area contributed by atoms with Crippen LogP contribution < -0.4 is 15.5 Å². The van der Waals surface area contributed by atoms with Gasteiger partial charge in [0.25, 0.3) is 0 Å². The van der Waals surface area contributed by atoms with Gasteiger partial charge in [0.1, 0.15) is 17.5 Å². The molecule has 1 aromatic carbocycles. The van der Waals surface area contributed by atoms with E-state index in [4.69, 9.17) is 15.8 Å². The maximum atomic E-state index is 11.9. The average Bonchev–Trinajstić information content (AvgIpc) is 2.72. The van der Waals surface area contributed by atoms with E-state index in [1.165, 1.54) is 0 Å². The number of rotatable bonds is 5. The molecular weight excluding hydrogens is 364 g/mol. The molecule has 1 heterocycles. The lowest BCUT2D eigenvalue weighted by atomic mass is 9.96. The van der Waals surface area contributed by atoms with Crippen molar-refractivity contribution in [2.75, 3.05) is 18.0 Å². The molecule has 158 valence electrons. The number of unbranched alkanes of at least 4 members (excludes halogenated alkanes) is 1. The van der Waals surface area contributed by atoms with Crippen LogP contribution in [-0.2, 0) is 4.79 Å². The number of hydrogen-bond donors (Lipinski definition) is 4. The number of nitrogens with zero attached hydrogens (tertiary/aromatic N) is 2. The Labute approximate surface area is 174 Å². The molecule has 1 aromatic rings. The molecule has 0 saturated carbocycles. The number of anilines is 1. The predicted octanol–water partition coefficient (Wildman–Crippen LogP) is 3.99. The number of carbonyl (C=O) groups is 1. The van der Waals surface area contributed by atoms with Crippen molar-refractivity contribution < 1.29 is 4.79 Å². The van der Waals surface area contributed by atoms with Gasteiger partial charge in [0, 0.05) is 18.5 Å². The van der Waals surface area contributed by atoms with Crippen LogP contribution in [0.4, 0.5) is 11.4 Å². The zero-order valence-corrected chi connectivity index (χ0v) is 18.4. The Balaban J connectivity index is 2.02. The highest BCUT2D eigenvalue weighted by atomic mass is 16.2. The first-order chi connectivity index (χ1) is 13.5. The van der Waals surface area contributed by atoms with Crippen molar-refractivity contribution in [2.24, 2.45) is 16.3 Å². The van der Waals surface area contributed by atoms with Gasteiger partial charge in [-0.2, -0.15) is 0 Å². The van der Waals surface area contributed by atoms with E-state index < -0.39 is 0 Å². The summed E-state index contributed by atoms with van der Waals surface area (Å²) < 4.78 is 0. The third kappa shape index (κ3) is 5.65. The normalized spacial score (nSPS) is 16.6. The molecular formula is C22H34N6O. The smallest absolute Gasteiger partial charge is 0.225 e. The van der Waals surface area contributed by atoms with Gasteiger partial charge in [0.2, 0.25) is 5.91 Å². The first-order valence-corrected chi connectivity index (χ1v) is 10.2. The molecule has 4 N–H and O–H groups in total. The van der Waals surface area contributed by atoms with E-state index in [1.54, 1.807) is 11.8 Å². The van der Waals surface area contributed by atoms with Crippen LogP contribution in [0.15, 0.2) is 23.2 Å². The largest absolute Gasteiger partial charge is 0.373 e. The first-order valence-electron chi connectivity index (χ1n) is 10.2. The van der Waals surface area contributed by atoms with Crippen molar-refractivity contribution >= 4 is 34.8 Å². The van der Waals surface area contributed by atoms with E-state index in [0.29, 0.717) is 24.8 Å². The summed E-state index contributed by atoms with van der Waals surface area (Å²) in [6.45, 7) is 12.7. The van der Waals surface area contributed by atoms with E-state index in [9.17, 15) is 4.79 Å². The Morgan fingerprint density at radius 2 is 1.90 bits per heavy atom. The second-order valence-corrected chi connectivity index (χ2v) is 8.66. The quantitative estimate of drug-likeness (QED) is 0.342. The van der Waals surface area contributed by atoms with Gasteiger partial charge in [-0.15, -0.1) is 0 Å². The highest BCUT2D eigenvalue weighted by molar-refractivity contribution is 6.24. The van der Waals surface area contributed by atoms with Crippen LogP contribution >= 0.6 is 0 Å². The standard InChI is InChI=1S/C22H34N6O/c1-14-9-10-17-18(13-14)28(16(3)23)19(24)15(2)20(27-17)25-11-7-8-12-26-21(29)22(4,5)6/h9-10,13,15,23-24H,7-8,11-12H2,1-6H3,(H,25,27)(H,26,29)/t15-/m1/s1. The molecule has 0 radical (unpaired) electrons. The lowest BCUT2D eigenvalue weighted by Gasteiger charge is -2.26. The number of hydrogen-bond acceptors (Lipinski definition) is 5. The van der Waals surface area contributed by atoms with Gasteiger partial charge in [0.15, 0.2) is 0 Å². The number of carbonyl (C=O) groups excluding carboxylic acids is 1. The molecule has 0 bridgehead atoms. The van der Waals surface area contributed by atoms with Crippen molar-refractivity contribution in [1.29, 1.82) is 10.8 Å². The van der Waals surface area contributed by atoms with Crippen LogP contribution in [0.5, 0.6) is 0 Å². The highest BCUT2D eigenvalue weighted by Gasteiger charge is 2.29. The van der Waals surface area contributed by atoms with Crippen LogP contribution in [0.25, 0.3) is 0 Å². The average molecular weight is 399 g/mol. The fourth-order valence-electron chi connectivity index (χ4n) is 3.07.